The molecule has 1 aliphatic heterocycles. The highest BCUT2D eigenvalue weighted by Crippen LogP contribution is 2.25. The van der Waals surface area contributed by atoms with Gasteiger partial charge in [-0.1, -0.05) is 12.1 Å². The van der Waals surface area contributed by atoms with E-state index < -0.39 is 0 Å². The molecule has 2 aromatic carbocycles. The van der Waals surface area contributed by atoms with E-state index in [1.165, 1.54) is 24.3 Å². The fourth-order valence-electron chi connectivity index (χ4n) is 3.46. The molecule has 1 aromatic heterocycles. The molecule has 1 fully saturated rings. The highest BCUT2D eigenvalue weighted by atomic mass is 19.1. The first-order valence-electron chi connectivity index (χ1n) is 10.1. The Hall–Kier alpha value is -4.12. The van der Waals surface area contributed by atoms with Crippen LogP contribution in [-0.4, -0.2) is 49.1 Å². The first-order chi connectivity index (χ1) is 15.6. The van der Waals surface area contributed by atoms with E-state index in [1.54, 1.807) is 18.1 Å². The molecule has 0 unspecified atom stereocenters. The van der Waals surface area contributed by atoms with Crippen LogP contribution < -0.4 is 9.64 Å². The lowest BCUT2D eigenvalue weighted by Gasteiger charge is -2.34. The largest absolute Gasteiger partial charge is 0.497 e. The Bertz CT molecular complexity index is 1160. The third-order valence-electron chi connectivity index (χ3n) is 5.21. The Morgan fingerprint density at radius 1 is 1.09 bits per heavy atom. The number of oxazole rings is 1. The SMILES string of the molecule is COc1ccc(/C=C/c2nc(C#N)c(N3CCN(C(=O)c4ccc(F)cc4)CC3)o2)cc1. The molecule has 1 aliphatic rings. The maximum absolute atomic E-state index is 13.1. The second-order valence-corrected chi connectivity index (χ2v) is 7.21. The van der Waals surface area contributed by atoms with E-state index >= 15 is 0 Å². The van der Waals surface area contributed by atoms with Crippen LogP contribution in [0.2, 0.25) is 0 Å². The van der Waals surface area contributed by atoms with Gasteiger partial charge in [-0.15, -0.1) is 0 Å². The summed E-state index contributed by atoms with van der Waals surface area (Å²) >= 11 is 0. The number of amides is 1. The predicted molar refractivity (Wildman–Crippen MR) is 118 cm³/mol. The van der Waals surface area contributed by atoms with Gasteiger partial charge in [-0.2, -0.15) is 10.2 Å². The normalized spacial score (nSPS) is 13.9. The Morgan fingerprint density at radius 2 is 1.78 bits per heavy atom. The average Bonchev–Trinajstić information content (AvgIpc) is 3.26. The number of methoxy groups -OCH3 is 1. The smallest absolute Gasteiger partial charge is 0.253 e. The van der Waals surface area contributed by atoms with Crippen LogP contribution in [0.1, 0.15) is 27.5 Å². The molecule has 0 atom stereocenters. The molecule has 0 N–H and O–H groups in total. The maximum atomic E-state index is 13.1. The van der Waals surface area contributed by atoms with Gasteiger partial charge in [0.15, 0.2) is 0 Å². The van der Waals surface area contributed by atoms with Crippen molar-refractivity contribution in [1.29, 1.82) is 5.26 Å². The third kappa shape index (κ3) is 4.62. The Labute approximate surface area is 185 Å². The molecular weight excluding hydrogens is 411 g/mol. The second kappa shape index (κ2) is 9.35. The van der Waals surface area contributed by atoms with Crippen molar-refractivity contribution in [3.63, 3.8) is 0 Å². The lowest BCUT2D eigenvalue weighted by molar-refractivity contribution is 0.0745. The molecule has 0 aliphatic carbocycles. The molecule has 0 spiro atoms. The van der Waals surface area contributed by atoms with E-state index in [2.05, 4.69) is 11.1 Å². The van der Waals surface area contributed by atoms with Crippen molar-refractivity contribution >= 4 is 23.9 Å². The molecular formula is C24H21FN4O3. The number of ether oxygens (including phenoxy) is 1. The molecule has 162 valence electrons. The fourth-order valence-corrected chi connectivity index (χ4v) is 3.46. The van der Waals surface area contributed by atoms with Gasteiger partial charge < -0.3 is 19.0 Å². The second-order valence-electron chi connectivity index (χ2n) is 7.21. The Balaban J connectivity index is 1.42. The molecule has 4 rings (SSSR count). The summed E-state index contributed by atoms with van der Waals surface area (Å²) < 4.78 is 24.1. The molecule has 0 saturated carbocycles. The monoisotopic (exact) mass is 432 g/mol. The first-order valence-corrected chi connectivity index (χ1v) is 10.1. The summed E-state index contributed by atoms with van der Waals surface area (Å²) in [7, 11) is 1.61. The quantitative estimate of drug-likeness (QED) is 0.610. The number of piperazine rings is 1. The van der Waals surface area contributed by atoms with Crippen LogP contribution in [0, 0.1) is 17.1 Å². The van der Waals surface area contributed by atoms with Crippen molar-refractivity contribution in [3.8, 4) is 11.8 Å². The maximum Gasteiger partial charge on any atom is 0.253 e. The Kier molecular flexibility index (Phi) is 6.17. The summed E-state index contributed by atoms with van der Waals surface area (Å²) in [6, 6.07) is 15.1. The van der Waals surface area contributed by atoms with Crippen molar-refractivity contribution in [2.45, 2.75) is 0 Å². The summed E-state index contributed by atoms with van der Waals surface area (Å²) in [4.78, 5) is 20.5. The van der Waals surface area contributed by atoms with Crippen LogP contribution >= 0.6 is 0 Å². The number of hydrogen-bond acceptors (Lipinski definition) is 6. The fraction of sp³-hybridized carbons (Fsp3) is 0.208. The predicted octanol–water partition coefficient (Wildman–Crippen LogP) is 3.83. The lowest BCUT2D eigenvalue weighted by atomic mass is 10.2. The van der Waals surface area contributed by atoms with Gasteiger partial charge in [0.1, 0.15) is 17.6 Å². The topological polar surface area (TPSA) is 82.6 Å². The first kappa shape index (κ1) is 21.1. The van der Waals surface area contributed by atoms with E-state index in [4.69, 9.17) is 9.15 Å². The van der Waals surface area contributed by atoms with Gasteiger partial charge >= 0.3 is 0 Å². The minimum Gasteiger partial charge on any atom is -0.497 e. The van der Waals surface area contributed by atoms with E-state index in [-0.39, 0.29) is 17.4 Å². The summed E-state index contributed by atoms with van der Waals surface area (Å²) in [6.07, 6.45) is 3.55. The number of benzene rings is 2. The number of nitrogens with zero attached hydrogens (tertiary/aromatic N) is 4. The third-order valence-corrected chi connectivity index (χ3v) is 5.21. The average molecular weight is 432 g/mol. The molecule has 2 heterocycles. The number of aromatic nitrogens is 1. The molecule has 7 nitrogen and oxygen atoms in total. The van der Waals surface area contributed by atoms with Crippen LogP contribution in [-0.2, 0) is 0 Å². The van der Waals surface area contributed by atoms with Crippen molar-refractivity contribution in [2.24, 2.45) is 0 Å². The van der Waals surface area contributed by atoms with Gasteiger partial charge in [0.2, 0.25) is 17.5 Å². The minimum atomic E-state index is -0.377. The van der Waals surface area contributed by atoms with Gasteiger partial charge in [-0.05, 0) is 48.0 Å². The van der Waals surface area contributed by atoms with Gasteiger partial charge in [0.05, 0.1) is 7.11 Å². The van der Waals surface area contributed by atoms with Crippen molar-refractivity contribution < 1.29 is 18.3 Å². The minimum absolute atomic E-state index is 0.147. The number of hydrogen-bond donors (Lipinski definition) is 0. The van der Waals surface area contributed by atoms with Crippen molar-refractivity contribution in [1.82, 2.24) is 9.88 Å². The van der Waals surface area contributed by atoms with Crippen LogP contribution in [0.4, 0.5) is 10.3 Å². The molecule has 3 aromatic rings. The molecule has 0 bridgehead atoms. The zero-order valence-corrected chi connectivity index (χ0v) is 17.5. The Morgan fingerprint density at radius 3 is 2.41 bits per heavy atom. The zero-order valence-electron chi connectivity index (χ0n) is 17.5. The van der Waals surface area contributed by atoms with Gasteiger partial charge in [0, 0.05) is 37.8 Å². The summed E-state index contributed by atoms with van der Waals surface area (Å²) in [5.41, 5.74) is 1.60. The standard InChI is InChI=1S/C24H21FN4O3/c1-31-20-9-2-17(3-10-20)4-11-22-27-21(16-26)24(32-22)29-14-12-28(13-15-29)23(30)18-5-7-19(25)8-6-18/h2-11H,12-15H2,1H3/b11-4+. The highest BCUT2D eigenvalue weighted by Gasteiger charge is 2.26. The molecule has 1 amide bonds. The van der Waals surface area contributed by atoms with Crippen LogP contribution in [0.25, 0.3) is 12.2 Å². The van der Waals surface area contributed by atoms with E-state index in [0.717, 1.165) is 11.3 Å². The number of halogens is 1. The molecule has 0 radical (unpaired) electrons. The summed E-state index contributed by atoms with van der Waals surface area (Å²) in [5, 5.41) is 9.48. The van der Waals surface area contributed by atoms with Gasteiger partial charge in [-0.25, -0.2) is 4.39 Å². The van der Waals surface area contributed by atoms with Gasteiger partial charge in [0.25, 0.3) is 5.91 Å². The zero-order chi connectivity index (χ0) is 22.5. The van der Waals surface area contributed by atoms with Crippen LogP contribution in [0.5, 0.6) is 5.75 Å². The van der Waals surface area contributed by atoms with E-state index in [9.17, 15) is 14.4 Å². The van der Waals surface area contributed by atoms with Crippen LogP contribution in [0.15, 0.2) is 52.9 Å². The number of nitriles is 1. The lowest BCUT2D eigenvalue weighted by Crippen LogP contribution is -2.48. The summed E-state index contributed by atoms with van der Waals surface area (Å²) in [6.45, 7) is 1.91. The van der Waals surface area contributed by atoms with E-state index in [1.807, 2.05) is 35.2 Å². The van der Waals surface area contributed by atoms with Crippen molar-refractivity contribution in [2.75, 3.05) is 38.2 Å². The number of carbonyl (C=O) groups excluding carboxylic acids is 1. The molecule has 1 saturated heterocycles. The van der Waals surface area contributed by atoms with Crippen molar-refractivity contribution in [3.05, 3.63) is 77.1 Å². The number of rotatable bonds is 5. The number of carbonyl (C=O) groups is 1. The summed E-state index contributed by atoms with van der Waals surface area (Å²) in [5.74, 6) is 0.973. The van der Waals surface area contributed by atoms with Gasteiger partial charge in [-0.3, -0.25) is 4.79 Å². The van der Waals surface area contributed by atoms with E-state index in [0.29, 0.717) is 43.5 Å². The molecule has 8 heteroatoms. The molecule has 32 heavy (non-hydrogen) atoms. The highest BCUT2D eigenvalue weighted by molar-refractivity contribution is 5.94. The number of anilines is 1. The van der Waals surface area contributed by atoms with Crippen LogP contribution in [0.3, 0.4) is 0 Å².